The Morgan fingerprint density at radius 1 is 0.615 bits per heavy atom. The number of hydrogen-bond donors (Lipinski definition) is 4. The molecule has 4 atom stereocenters. The van der Waals surface area contributed by atoms with Crippen molar-refractivity contribution in [1.82, 2.24) is 20.4 Å². The highest BCUT2D eigenvalue weighted by atomic mass is 32.2. The van der Waals surface area contributed by atoms with Crippen LogP contribution in [0.2, 0.25) is 0 Å². The Hall–Kier alpha value is -5.42. The summed E-state index contributed by atoms with van der Waals surface area (Å²) in [7, 11) is 2.49. The summed E-state index contributed by atoms with van der Waals surface area (Å²) < 4.78 is 8.40. The lowest BCUT2D eigenvalue weighted by atomic mass is 9.85. The van der Waals surface area contributed by atoms with Gasteiger partial charge in [0.1, 0.15) is 24.2 Å². The van der Waals surface area contributed by atoms with Crippen molar-refractivity contribution < 1.29 is 38.2 Å². The molecular weight excluding hydrogens is 867 g/mol. The fourth-order valence-electron chi connectivity index (χ4n) is 7.93. The van der Waals surface area contributed by atoms with Gasteiger partial charge in [-0.2, -0.15) is 0 Å². The van der Waals surface area contributed by atoms with Gasteiger partial charge in [-0.05, 0) is 86.1 Å². The smallest absolute Gasteiger partial charge is 0.407 e. The van der Waals surface area contributed by atoms with Crippen LogP contribution in [0.15, 0.2) is 78.9 Å². The molecule has 352 valence electrons. The van der Waals surface area contributed by atoms with Gasteiger partial charge < -0.3 is 45.4 Å². The summed E-state index contributed by atoms with van der Waals surface area (Å²) in [5, 5.41) is 11.4. The van der Waals surface area contributed by atoms with Gasteiger partial charge in [0.15, 0.2) is 0 Å². The highest BCUT2D eigenvalue weighted by Gasteiger charge is 2.52. The maximum Gasteiger partial charge on any atom is 0.407 e. The first kappa shape index (κ1) is 50.6. The molecule has 0 aromatic heterocycles. The maximum absolute atomic E-state index is 14.0. The van der Waals surface area contributed by atoms with Crippen LogP contribution >= 0.6 is 23.5 Å². The van der Waals surface area contributed by atoms with Crippen molar-refractivity contribution in [1.29, 1.82) is 0 Å². The molecule has 2 saturated heterocycles. The molecule has 17 heteroatoms. The molecule has 0 aliphatic carbocycles. The number of nitrogens with one attached hydrogen (secondary N) is 4. The third kappa shape index (κ3) is 12.5. The number of alkyl carbamates (subject to hydrolysis) is 2. The summed E-state index contributed by atoms with van der Waals surface area (Å²) in [5.74, 6) is -0.772. The number of para-hydroxylation sites is 1. The first-order valence-corrected chi connectivity index (χ1v) is 23.5. The molecule has 3 aromatic rings. The van der Waals surface area contributed by atoms with E-state index < -0.39 is 56.7 Å². The fraction of sp³-hybridized carbons (Fsp3) is 0.500. The molecule has 2 aliphatic heterocycles. The van der Waals surface area contributed by atoms with E-state index in [0.717, 1.165) is 16.8 Å². The molecule has 0 unspecified atom stereocenters. The van der Waals surface area contributed by atoms with E-state index in [1.807, 2.05) is 148 Å². The minimum absolute atomic E-state index is 0.293. The van der Waals surface area contributed by atoms with Gasteiger partial charge in [0.2, 0.25) is 23.6 Å². The summed E-state index contributed by atoms with van der Waals surface area (Å²) in [6.45, 7) is 19.9. The number of hydrogen-bond acceptors (Lipinski definition) is 11. The molecule has 2 heterocycles. The Kier molecular flexibility index (Phi) is 15.9. The number of rotatable bonds is 13. The van der Waals surface area contributed by atoms with Crippen LogP contribution in [-0.4, -0.2) is 105 Å². The van der Waals surface area contributed by atoms with Crippen molar-refractivity contribution in [3.05, 3.63) is 90.0 Å². The van der Waals surface area contributed by atoms with Crippen LogP contribution in [0.5, 0.6) is 0 Å². The molecule has 0 radical (unpaired) electrons. The van der Waals surface area contributed by atoms with Gasteiger partial charge in [-0.15, -0.1) is 23.5 Å². The normalized spacial score (nSPS) is 18.8. The molecule has 3 aromatic carbocycles. The lowest BCUT2D eigenvalue weighted by molar-refractivity contribution is -0.141. The number of methoxy groups -OCH3 is 2. The molecule has 4 N–H and O–H groups in total. The molecule has 2 aliphatic rings. The third-order valence-corrected chi connectivity index (χ3v) is 14.3. The van der Waals surface area contributed by atoms with Crippen LogP contribution in [-0.2, 0) is 41.7 Å². The summed E-state index contributed by atoms with van der Waals surface area (Å²) >= 11 is 3.01. The fourth-order valence-corrected chi connectivity index (χ4v) is 10.2. The van der Waals surface area contributed by atoms with Gasteiger partial charge >= 0.3 is 12.2 Å². The molecule has 6 amide bonds. The molecule has 0 saturated carbocycles. The lowest BCUT2D eigenvalue weighted by Crippen LogP contribution is -2.59. The number of carbonyl (C=O) groups excluding carboxylic acids is 6. The number of ether oxygens (including phenoxy) is 2. The monoisotopic (exact) mass is 931 g/mol. The van der Waals surface area contributed by atoms with Gasteiger partial charge in [0, 0.05) is 39.6 Å². The second-order valence-corrected chi connectivity index (χ2v) is 22.8. The zero-order valence-electron chi connectivity index (χ0n) is 39.6. The van der Waals surface area contributed by atoms with E-state index in [1.165, 1.54) is 37.7 Å². The van der Waals surface area contributed by atoms with Crippen LogP contribution in [0, 0.1) is 10.8 Å². The predicted molar refractivity (Wildman–Crippen MR) is 258 cm³/mol. The Labute approximate surface area is 391 Å². The van der Waals surface area contributed by atoms with E-state index in [9.17, 15) is 28.8 Å². The van der Waals surface area contributed by atoms with Gasteiger partial charge in [0.25, 0.3) is 0 Å². The Balaban J connectivity index is 1.27. The summed E-state index contributed by atoms with van der Waals surface area (Å²) in [5.41, 5.74) is 2.89. The van der Waals surface area contributed by atoms with E-state index >= 15 is 0 Å². The van der Waals surface area contributed by atoms with Crippen LogP contribution in [0.1, 0.15) is 80.4 Å². The Morgan fingerprint density at radius 2 is 0.969 bits per heavy atom. The average molecular weight is 932 g/mol. The van der Waals surface area contributed by atoms with Crippen molar-refractivity contribution >= 4 is 76.4 Å². The number of carbonyl (C=O) groups is 6. The molecule has 65 heavy (non-hydrogen) atoms. The third-order valence-electron chi connectivity index (χ3n) is 11.6. The van der Waals surface area contributed by atoms with Gasteiger partial charge in [-0.25, -0.2) is 9.59 Å². The van der Waals surface area contributed by atoms with Crippen LogP contribution in [0.3, 0.4) is 0 Å². The van der Waals surface area contributed by atoms with Crippen LogP contribution in [0.4, 0.5) is 26.7 Å². The van der Waals surface area contributed by atoms with Crippen LogP contribution in [0.25, 0.3) is 0 Å². The zero-order valence-corrected chi connectivity index (χ0v) is 41.2. The Morgan fingerprint density at radius 3 is 1.29 bits per heavy atom. The van der Waals surface area contributed by atoms with E-state index in [2.05, 4.69) is 26.2 Å². The van der Waals surface area contributed by atoms with Gasteiger partial charge in [-0.1, -0.05) is 84.0 Å². The van der Waals surface area contributed by atoms with E-state index in [4.69, 9.17) is 9.47 Å². The van der Waals surface area contributed by atoms with Gasteiger partial charge in [0.05, 0.1) is 26.0 Å². The minimum Gasteiger partial charge on any atom is -0.453 e. The van der Waals surface area contributed by atoms with Crippen molar-refractivity contribution in [2.24, 2.45) is 10.8 Å². The number of anilines is 3. The highest BCUT2D eigenvalue weighted by Crippen LogP contribution is 2.42. The van der Waals surface area contributed by atoms with Gasteiger partial charge in [-0.3, -0.25) is 19.2 Å². The topological polar surface area (TPSA) is 179 Å². The van der Waals surface area contributed by atoms with E-state index in [0.29, 0.717) is 36.2 Å². The highest BCUT2D eigenvalue weighted by molar-refractivity contribution is 8.01. The van der Waals surface area contributed by atoms with Crippen LogP contribution < -0.4 is 26.2 Å². The van der Waals surface area contributed by atoms with E-state index in [1.54, 1.807) is 9.80 Å². The van der Waals surface area contributed by atoms with Crippen molar-refractivity contribution in [2.75, 3.05) is 41.5 Å². The summed E-state index contributed by atoms with van der Waals surface area (Å²) in [6.07, 6.45) is -1.43. The van der Waals surface area contributed by atoms with E-state index in [-0.39, 0.29) is 23.6 Å². The molecular formula is C48H65N7O8S2. The molecule has 0 spiro atoms. The molecule has 2 fully saturated rings. The summed E-state index contributed by atoms with van der Waals surface area (Å²) in [6, 6.07) is 21.9. The minimum atomic E-state index is -0.907. The maximum atomic E-state index is 14.0. The zero-order chi connectivity index (χ0) is 48.1. The number of nitrogens with zero attached hydrogens (tertiary/aromatic N) is 3. The van der Waals surface area contributed by atoms with Crippen molar-refractivity contribution in [3.63, 3.8) is 0 Å². The predicted octanol–water partition coefficient (Wildman–Crippen LogP) is 7.67. The molecule has 15 nitrogen and oxygen atoms in total. The first-order chi connectivity index (χ1) is 30.4. The number of benzene rings is 3. The van der Waals surface area contributed by atoms with Crippen molar-refractivity contribution in [2.45, 2.75) is 116 Å². The number of amides is 6. The van der Waals surface area contributed by atoms with Crippen molar-refractivity contribution in [3.8, 4) is 0 Å². The summed E-state index contributed by atoms with van der Waals surface area (Å²) in [4.78, 5) is 85.5. The molecule has 5 rings (SSSR count). The average Bonchev–Trinajstić information content (AvgIpc) is 3.75. The largest absolute Gasteiger partial charge is 0.453 e. The first-order valence-electron chi connectivity index (χ1n) is 21.5. The standard InChI is InChI=1S/C48H65N7O8S2/c1-45(2,3)35(51-43(60)62-11)41(58)54-28-64-47(7,8)37(54)39(56)49-32-22-18-30(19-23-32)26-53(34-16-14-13-15-17-34)27-31-20-24-33(25-21-31)50-40(57)38-48(9,10)65-29-55(38)42(59)36(46(4,5)6)52-44(61)63-12/h13-25,35-38H,26-29H2,1-12H3,(H,49,56)(H,50,57)(H,51,60)(H,52,61)/t35-,36-,37-,38-/m1/s1. The lowest BCUT2D eigenvalue weighted by Gasteiger charge is -2.36. The number of thioether (sulfide) groups is 2. The second-order valence-electron chi connectivity index (χ2n) is 19.6. The quantitative estimate of drug-likeness (QED) is 0.132. The SMILES string of the molecule is COC(=O)N[C@H](C(=O)N1CSC(C)(C)[C@H]1C(=O)Nc1ccc(CN(Cc2ccc(NC(=O)[C@H]3N(C(=O)[C@@H](NC(=O)OC)C(C)(C)C)CSC3(C)C)cc2)c2ccccc2)cc1)C(C)(C)C. The second kappa shape index (κ2) is 20.4. The Bertz CT molecular complexity index is 2060. The molecule has 0 bridgehead atoms.